The number of hydrogen-bond donors (Lipinski definition) is 1. The molecular formula is C13H17ClFN. The van der Waals surface area contributed by atoms with Gasteiger partial charge in [0.15, 0.2) is 0 Å². The molecule has 1 aliphatic carbocycles. The summed E-state index contributed by atoms with van der Waals surface area (Å²) in [4.78, 5) is 0. The molecule has 0 amide bonds. The van der Waals surface area contributed by atoms with Crippen molar-refractivity contribution in [1.29, 1.82) is 0 Å². The molecule has 3 heteroatoms. The van der Waals surface area contributed by atoms with Crippen LogP contribution in [0.15, 0.2) is 18.2 Å². The molecule has 16 heavy (non-hydrogen) atoms. The lowest BCUT2D eigenvalue weighted by molar-refractivity contribution is 0.462. The topological polar surface area (TPSA) is 12.0 Å². The van der Waals surface area contributed by atoms with Crippen LogP contribution in [0.4, 0.5) is 4.39 Å². The molecule has 0 heterocycles. The highest BCUT2D eigenvalue weighted by atomic mass is 35.5. The number of nitrogens with one attached hydrogen (secondary N) is 1. The first-order valence-corrected chi connectivity index (χ1v) is 6.18. The van der Waals surface area contributed by atoms with Gasteiger partial charge in [0.1, 0.15) is 5.82 Å². The van der Waals surface area contributed by atoms with E-state index in [0.717, 1.165) is 25.1 Å². The molecule has 2 rings (SSSR count). The van der Waals surface area contributed by atoms with Crippen LogP contribution in [0, 0.1) is 11.2 Å². The molecule has 0 bridgehead atoms. The summed E-state index contributed by atoms with van der Waals surface area (Å²) in [5.74, 6) is -0.196. The van der Waals surface area contributed by atoms with Crippen molar-refractivity contribution in [2.24, 2.45) is 5.41 Å². The summed E-state index contributed by atoms with van der Waals surface area (Å²) >= 11 is 6.08. The van der Waals surface area contributed by atoms with E-state index < -0.39 is 0 Å². The van der Waals surface area contributed by atoms with Gasteiger partial charge in [-0.1, -0.05) is 18.5 Å². The number of halogens is 2. The van der Waals surface area contributed by atoms with Crippen LogP contribution in [-0.4, -0.2) is 13.1 Å². The van der Waals surface area contributed by atoms with Crippen molar-refractivity contribution >= 4 is 11.6 Å². The van der Waals surface area contributed by atoms with E-state index in [1.807, 2.05) is 0 Å². The maximum atomic E-state index is 13.1. The Balaban J connectivity index is 2.05. The molecule has 1 aromatic rings. The molecule has 1 aromatic carbocycles. The monoisotopic (exact) mass is 241 g/mol. The highest BCUT2D eigenvalue weighted by Crippen LogP contribution is 2.48. The van der Waals surface area contributed by atoms with Gasteiger partial charge in [-0.2, -0.15) is 0 Å². The Morgan fingerprint density at radius 2 is 2.19 bits per heavy atom. The Bertz CT molecular complexity index is 374. The van der Waals surface area contributed by atoms with E-state index in [0.29, 0.717) is 10.4 Å². The van der Waals surface area contributed by atoms with Gasteiger partial charge in [-0.05, 0) is 55.0 Å². The first-order valence-electron chi connectivity index (χ1n) is 5.80. The van der Waals surface area contributed by atoms with E-state index in [-0.39, 0.29) is 5.82 Å². The summed E-state index contributed by atoms with van der Waals surface area (Å²) in [6, 6.07) is 4.62. The normalized spacial score (nSPS) is 17.4. The molecule has 0 aromatic heterocycles. The molecule has 1 aliphatic rings. The molecule has 0 atom stereocenters. The second kappa shape index (κ2) is 4.72. The van der Waals surface area contributed by atoms with Gasteiger partial charge in [-0.15, -0.1) is 0 Å². The summed E-state index contributed by atoms with van der Waals surface area (Å²) < 4.78 is 13.1. The standard InChI is InChI=1S/C13H17ClFN/c1-2-16-9-13(5-6-13)8-10-7-11(15)3-4-12(10)14/h3-4,7,16H,2,5-6,8-9H2,1H3. The molecule has 1 N–H and O–H groups in total. The molecular weight excluding hydrogens is 225 g/mol. The zero-order chi connectivity index (χ0) is 11.6. The molecule has 0 saturated heterocycles. The van der Waals surface area contributed by atoms with Crippen LogP contribution in [0.3, 0.4) is 0 Å². The fraction of sp³-hybridized carbons (Fsp3) is 0.538. The van der Waals surface area contributed by atoms with E-state index in [1.54, 1.807) is 12.1 Å². The number of rotatable bonds is 5. The van der Waals surface area contributed by atoms with Crippen molar-refractivity contribution in [1.82, 2.24) is 5.32 Å². The molecule has 1 fully saturated rings. The molecule has 0 aliphatic heterocycles. The molecule has 88 valence electrons. The Labute approximate surface area is 101 Å². The van der Waals surface area contributed by atoms with E-state index in [1.165, 1.54) is 18.9 Å². The fourth-order valence-corrected chi connectivity index (χ4v) is 2.25. The van der Waals surface area contributed by atoms with Gasteiger partial charge < -0.3 is 5.32 Å². The lowest BCUT2D eigenvalue weighted by Crippen LogP contribution is -2.25. The number of benzene rings is 1. The lowest BCUT2D eigenvalue weighted by Gasteiger charge is -2.16. The third-order valence-corrected chi connectivity index (χ3v) is 3.65. The van der Waals surface area contributed by atoms with Crippen LogP contribution in [0.25, 0.3) is 0 Å². The zero-order valence-corrected chi connectivity index (χ0v) is 10.3. The van der Waals surface area contributed by atoms with Crippen LogP contribution < -0.4 is 5.32 Å². The van der Waals surface area contributed by atoms with Crippen molar-refractivity contribution < 1.29 is 4.39 Å². The summed E-state index contributed by atoms with van der Waals surface area (Å²) in [5, 5.41) is 4.05. The second-order valence-electron chi connectivity index (χ2n) is 4.69. The summed E-state index contributed by atoms with van der Waals surface area (Å²) in [6.07, 6.45) is 3.32. The first kappa shape index (κ1) is 11.9. The molecule has 0 unspecified atom stereocenters. The van der Waals surface area contributed by atoms with Crippen LogP contribution in [0.2, 0.25) is 5.02 Å². The zero-order valence-electron chi connectivity index (χ0n) is 9.52. The number of hydrogen-bond acceptors (Lipinski definition) is 1. The Morgan fingerprint density at radius 3 is 2.81 bits per heavy atom. The van der Waals surface area contributed by atoms with Crippen LogP contribution >= 0.6 is 11.6 Å². The van der Waals surface area contributed by atoms with Crippen LogP contribution in [0.5, 0.6) is 0 Å². The van der Waals surface area contributed by atoms with Crippen LogP contribution in [-0.2, 0) is 6.42 Å². The average Bonchev–Trinajstić information content (AvgIpc) is 3.01. The van der Waals surface area contributed by atoms with E-state index in [4.69, 9.17) is 11.6 Å². The van der Waals surface area contributed by atoms with E-state index >= 15 is 0 Å². The maximum absolute atomic E-state index is 13.1. The highest BCUT2D eigenvalue weighted by molar-refractivity contribution is 6.31. The predicted octanol–water partition coefficient (Wildman–Crippen LogP) is 3.41. The predicted molar refractivity (Wildman–Crippen MR) is 65.3 cm³/mol. The Morgan fingerprint density at radius 1 is 1.44 bits per heavy atom. The van der Waals surface area contributed by atoms with E-state index in [2.05, 4.69) is 12.2 Å². The van der Waals surface area contributed by atoms with Gasteiger partial charge in [0.25, 0.3) is 0 Å². The van der Waals surface area contributed by atoms with E-state index in [9.17, 15) is 4.39 Å². The van der Waals surface area contributed by atoms with Crippen molar-refractivity contribution in [3.05, 3.63) is 34.6 Å². The lowest BCUT2D eigenvalue weighted by atomic mass is 9.96. The summed E-state index contributed by atoms with van der Waals surface area (Å²) in [6.45, 7) is 4.10. The molecule has 0 radical (unpaired) electrons. The highest BCUT2D eigenvalue weighted by Gasteiger charge is 2.42. The SMILES string of the molecule is CCNCC1(Cc2cc(F)ccc2Cl)CC1. The molecule has 1 nitrogen and oxygen atoms in total. The Kier molecular flexibility index (Phi) is 3.50. The van der Waals surface area contributed by atoms with Gasteiger partial charge in [-0.25, -0.2) is 4.39 Å². The van der Waals surface area contributed by atoms with Crippen molar-refractivity contribution in [3.63, 3.8) is 0 Å². The third kappa shape index (κ3) is 2.74. The Hall–Kier alpha value is -0.600. The van der Waals surface area contributed by atoms with Gasteiger partial charge in [0.05, 0.1) is 0 Å². The minimum absolute atomic E-state index is 0.196. The fourth-order valence-electron chi connectivity index (χ4n) is 2.07. The average molecular weight is 242 g/mol. The quantitative estimate of drug-likeness (QED) is 0.833. The van der Waals surface area contributed by atoms with Gasteiger partial charge in [0, 0.05) is 11.6 Å². The van der Waals surface area contributed by atoms with Gasteiger partial charge in [0.2, 0.25) is 0 Å². The second-order valence-corrected chi connectivity index (χ2v) is 5.10. The van der Waals surface area contributed by atoms with Crippen molar-refractivity contribution in [2.45, 2.75) is 26.2 Å². The molecule has 0 spiro atoms. The largest absolute Gasteiger partial charge is 0.316 e. The van der Waals surface area contributed by atoms with Gasteiger partial charge in [-0.3, -0.25) is 0 Å². The smallest absolute Gasteiger partial charge is 0.123 e. The molecule has 1 saturated carbocycles. The third-order valence-electron chi connectivity index (χ3n) is 3.28. The summed E-state index contributed by atoms with van der Waals surface area (Å²) in [7, 11) is 0. The minimum atomic E-state index is -0.196. The minimum Gasteiger partial charge on any atom is -0.316 e. The maximum Gasteiger partial charge on any atom is 0.123 e. The van der Waals surface area contributed by atoms with Crippen LogP contribution in [0.1, 0.15) is 25.3 Å². The van der Waals surface area contributed by atoms with Crippen molar-refractivity contribution in [2.75, 3.05) is 13.1 Å². The van der Waals surface area contributed by atoms with Gasteiger partial charge >= 0.3 is 0 Å². The summed E-state index contributed by atoms with van der Waals surface area (Å²) in [5.41, 5.74) is 1.27. The van der Waals surface area contributed by atoms with Crippen molar-refractivity contribution in [3.8, 4) is 0 Å². The first-order chi connectivity index (χ1) is 7.65.